The average molecular weight is 257 g/mol. The lowest BCUT2D eigenvalue weighted by molar-refractivity contribution is -0.142. The Morgan fingerprint density at radius 2 is 1.67 bits per heavy atom. The van der Waals surface area contributed by atoms with Gasteiger partial charge in [-0.05, 0) is 6.42 Å². The summed E-state index contributed by atoms with van der Waals surface area (Å²) in [5.41, 5.74) is 0. The summed E-state index contributed by atoms with van der Waals surface area (Å²) in [7, 11) is 0. The number of unbranched alkanes of at least 4 members (excludes halogenated alkanes) is 5. The van der Waals surface area contributed by atoms with Gasteiger partial charge in [0.25, 0.3) is 0 Å². The largest absolute Gasteiger partial charge is 0.481 e. The van der Waals surface area contributed by atoms with E-state index in [4.69, 9.17) is 5.11 Å². The Labute approximate surface area is 110 Å². The topological polar surface area (TPSA) is 57.6 Å². The molecule has 0 aromatic heterocycles. The fourth-order valence-electron chi connectivity index (χ4n) is 1.87. The second kappa shape index (κ2) is 9.92. The fourth-order valence-corrected chi connectivity index (χ4v) is 1.87. The second-order valence-electron chi connectivity index (χ2n) is 4.97. The zero-order valence-electron chi connectivity index (χ0n) is 11.9. The molecular weight excluding hydrogens is 230 g/mol. The van der Waals surface area contributed by atoms with Crippen molar-refractivity contribution in [3.05, 3.63) is 0 Å². The third kappa shape index (κ3) is 8.09. The van der Waals surface area contributed by atoms with Gasteiger partial charge < -0.3 is 10.0 Å². The van der Waals surface area contributed by atoms with E-state index in [-0.39, 0.29) is 5.91 Å². The number of carboxylic acids is 1. The molecule has 0 heterocycles. The van der Waals surface area contributed by atoms with Crippen LogP contribution in [0.4, 0.5) is 0 Å². The molecule has 1 amide bonds. The Bertz CT molecular complexity index is 253. The highest BCUT2D eigenvalue weighted by atomic mass is 16.4. The summed E-state index contributed by atoms with van der Waals surface area (Å²) >= 11 is 0. The van der Waals surface area contributed by atoms with Crippen LogP contribution in [0.15, 0.2) is 0 Å². The molecule has 0 aromatic carbocycles. The number of aliphatic carboxylic acids is 1. The van der Waals surface area contributed by atoms with Crippen LogP contribution in [0.1, 0.15) is 59.3 Å². The maximum absolute atomic E-state index is 11.4. The number of amides is 1. The Balaban J connectivity index is 3.84. The first-order chi connectivity index (χ1) is 8.49. The molecular formula is C14H27NO3. The highest BCUT2D eigenvalue weighted by Gasteiger charge is 2.17. The van der Waals surface area contributed by atoms with Gasteiger partial charge in [-0.3, -0.25) is 9.59 Å². The molecule has 0 aliphatic heterocycles. The highest BCUT2D eigenvalue weighted by molar-refractivity contribution is 5.75. The number of hydrogen-bond acceptors (Lipinski definition) is 2. The van der Waals surface area contributed by atoms with E-state index < -0.39 is 11.9 Å². The van der Waals surface area contributed by atoms with Crippen molar-refractivity contribution in [3.8, 4) is 0 Å². The first-order valence-electron chi connectivity index (χ1n) is 6.97. The number of carboxylic acid groups (broad SMARTS) is 1. The Kier molecular flexibility index (Phi) is 9.33. The summed E-state index contributed by atoms with van der Waals surface area (Å²) in [6.07, 6.45) is 7.04. The zero-order chi connectivity index (χ0) is 14.0. The lowest BCUT2D eigenvalue weighted by atomic mass is 10.1. The van der Waals surface area contributed by atoms with Crippen molar-refractivity contribution in [2.45, 2.75) is 59.3 Å². The Morgan fingerprint density at radius 1 is 1.11 bits per heavy atom. The second-order valence-corrected chi connectivity index (χ2v) is 4.97. The average Bonchev–Trinajstić information content (AvgIpc) is 2.31. The summed E-state index contributed by atoms with van der Waals surface area (Å²) in [4.78, 5) is 23.8. The van der Waals surface area contributed by atoms with Crippen LogP contribution in [-0.2, 0) is 9.59 Å². The van der Waals surface area contributed by atoms with Gasteiger partial charge >= 0.3 is 5.97 Å². The minimum atomic E-state index is -0.843. The third-order valence-electron chi connectivity index (χ3n) is 3.14. The highest BCUT2D eigenvalue weighted by Crippen LogP contribution is 2.08. The zero-order valence-corrected chi connectivity index (χ0v) is 11.9. The number of hydrogen-bond donors (Lipinski definition) is 1. The third-order valence-corrected chi connectivity index (χ3v) is 3.14. The van der Waals surface area contributed by atoms with E-state index >= 15 is 0 Å². The van der Waals surface area contributed by atoms with Crippen LogP contribution >= 0.6 is 0 Å². The van der Waals surface area contributed by atoms with Crippen molar-refractivity contribution >= 4 is 11.9 Å². The fraction of sp³-hybridized carbons (Fsp3) is 0.857. The number of rotatable bonds is 10. The van der Waals surface area contributed by atoms with E-state index in [0.717, 1.165) is 12.8 Å². The van der Waals surface area contributed by atoms with E-state index in [2.05, 4.69) is 6.92 Å². The summed E-state index contributed by atoms with van der Waals surface area (Å²) < 4.78 is 0. The molecule has 0 aliphatic rings. The van der Waals surface area contributed by atoms with Crippen molar-refractivity contribution in [1.29, 1.82) is 0 Å². The predicted molar refractivity (Wildman–Crippen MR) is 72.4 cm³/mol. The summed E-state index contributed by atoms with van der Waals surface area (Å²) in [5.74, 6) is -1.37. The van der Waals surface area contributed by atoms with Gasteiger partial charge in [-0.2, -0.15) is 0 Å². The van der Waals surface area contributed by atoms with E-state index in [9.17, 15) is 9.59 Å². The number of carbonyl (C=O) groups excluding carboxylic acids is 1. The normalized spacial score (nSPS) is 12.2. The molecule has 1 N–H and O–H groups in total. The molecule has 0 spiro atoms. The molecule has 18 heavy (non-hydrogen) atoms. The molecule has 0 saturated carbocycles. The molecule has 4 heteroatoms. The van der Waals surface area contributed by atoms with Gasteiger partial charge in [0.1, 0.15) is 0 Å². The van der Waals surface area contributed by atoms with Crippen molar-refractivity contribution in [3.63, 3.8) is 0 Å². The standard InChI is InChI=1S/C14H27NO3/c1-4-5-6-7-8-9-10-15(13(3)16)11-12(2)14(17)18/h12H,4-11H2,1-3H3,(H,17,18). The van der Waals surface area contributed by atoms with Crippen LogP contribution in [0.5, 0.6) is 0 Å². The molecule has 0 radical (unpaired) electrons. The number of carbonyl (C=O) groups is 2. The van der Waals surface area contributed by atoms with Crippen molar-refractivity contribution in [2.75, 3.05) is 13.1 Å². The van der Waals surface area contributed by atoms with Crippen LogP contribution in [0, 0.1) is 5.92 Å². The molecule has 0 bridgehead atoms. The Morgan fingerprint density at radius 3 is 2.17 bits per heavy atom. The van der Waals surface area contributed by atoms with Gasteiger partial charge in [0.15, 0.2) is 0 Å². The van der Waals surface area contributed by atoms with Gasteiger partial charge in [0, 0.05) is 20.0 Å². The number of nitrogens with zero attached hydrogens (tertiary/aromatic N) is 1. The van der Waals surface area contributed by atoms with Crippen LogP contribution in [0.3, 0.4) is 0 Å². The molecule has 0 fully saturated rings. The van der Waals surface area contributed by atoms with Crippen LogP contribution in [0.2, 0.25) is 0 Å². The van der Waals surface area contributed by atoms with Gasteiger partial charge in [0.2, 0.25) is 5.91 Å². The van der Waals surface area contributed by atoms with Crippen LogP contribution in [-0.4, -0.2) is 35.0 Å². The lowest BCUT2D eigenvalue weighted by Gasteiger charge is -2.23. The minimum absolute atomic E-state index is 0.0309. The van der Waals surface area contributed by atoms with Gasteiger partial charge in [-0.1, -0.05) is 46.0 Å². The molecule has 4 nitrogen and oxygen atoms in total. The van der Waals surface area contributed by atoms with Gasteiger partial charge in [-0.15, -0.1) is 0 Å². The quantitative estimate of drug-likeness (QED) is 0.612. The van der Waals surface area contributed by atoms with E-state index in [1.807, 2.05) is 0 Å². The minimum Gasteiger partial charge on any atom is -0.481 e. The van der Waals surface area contributed by atoms with E-state index in [1.54, 1.807) is 11.8 Å². The molecule has 0 aromatic rings. The molecule has 1 atom stereocenters. The Hall–Kier alpha value is -1.06. The predicted octanol–water partition coefficient (Wildman–Crippen LogP) is 2.92. The molecule has 0 aliphatic carbocycles. The van der Waals surface area contributed by atoms with Gasteiger partial charge in [-0.25, -0.2) is 0 Å². The van der Waals surface area contributed by atoms with Crippen molar-refractivity contribution in [2.24, 2.45) is 5.92 Å². The summed E-state index contributed by atoms with van der Waals surface area (Å²) in [6, 6.07) is 0. The lowest BCUT2D eigenvalue weighted by Crippen LogP contribution is -2.36. The van der Waals surface area contributed by atoms with E-state index in [1.165, 1.54) is 32.6 Å². The maximum Gasteiger partial charge on any atom is 0.308 e. The molecule has 0 saturated heterocycles. The molecule has 1 unspecified atom stereocenters. The summed E-state index contributed by atoms with van der Waals surface area (Å²) in [6.45, 7) is 6.33. The maximum atomic E-state index is 11.4. The van der Waals surface area contributed by atoms with Gasteiger partial charge in [0.05, 0.1) is 5.92 Å². The van der Waals surface area contributed by atoms with E-state index in [0.29, 0.717) is 13.1 Å². The first-order valence-corrected chi connectivity index (χ1v) is 6.97. The smallest absolute Gasteiger partial charge is 0.308 e. The van der Waals surface area contributed by atoms with Crippen molar-refractivity contribution in [1.82, 2.24) is 4.90 Å². The molecule has 0 rings (SSSR count). The van der Waals surface area contributed by atoms with Crippen molar-refractivity contribution < 1.29 is 14.7 Å². The first kappa shape index (κ1) is 16.9. The molecule has 106 valence electrons. The SMILES string of the molecule is CCCCCCCCN(CC(C)C(=O)O)C(C)=O. The monoisotopic (exact) mass is 257 g/mol. The summed E-state index contributed by atoms with van der Waals surface area (Å²) in [5, 5.41) is 8.84. The van der Waals surface area contributed by atoms with Crippen LogP contribution in [0.25, 0.3) is 0 Å². The van der Waals surface area contributed by atoms with Crippen LogP contribution < -0.4 is 0 Å².